The minimum atomic E-state index is -0.998. The zero-order valence-electron chi connectivity index (χ0n) is 9.26. The van der Waals surface area contributed by atoms with E-state index in [9.17, 15) is 4.79 Å². The first-order chi connectivity index (χ1) is 7.49. The monoisotopic (exact) mass is 224 g/mol. The van der Waals surface area contributed by atoms with E-state index in [0.717, 1.165) is 18.9 Å². The second kappa shape index (κ2) is 3.84. The van der Waals surface area contributed by atoms with Crippen LogP contribution < -0.4 is 11.5 Å². The molecule has 0 aromatic carbocycles. The van der Waals surface area contributed by atoms with Crippen LogP contribution in [-0.4, -0.2) is 44.2 Å². The molecule has 1 aromatic heterocycles. The summed E-state index contributed by atoms with van der Waals surface area (Å²) in [6.07, 6.45) is 1.71. The average molecular weight is 224 g/mol. The summed E-state index contributed by atoms with van der Waals surface area (Å²) in [5, 5.41) is 7.83. The van der Waals surface area contributed by atoms with Crippen molar-refractivity contribution >= 4 is 5.91 Å². The second-order valence-corrected chi connectivity index (χ2v) is 4.43. The molecular formula is C9H16N6O. The first kappa shape index (κ1) is 11.0. The van der Waals surface area contributed by atoms with Gasteiger partial charge in [-0.2, -0.15) is 0 Å². The van der Waals surface area contributed by atoms with Crippen LogP contribution in [0.5, 0.6) is 0 Å². The van der Waals surface area contributed by atoms with E-state index in [1.807, 2.05) is 4.57 Å². The molecule has 0 saturated carbocycles. The van der Waals surface area contributed by atoms with Crippen molar-refractivity contribution in [1.29, 1.82) is 0 Å². The lowest BCUT2D eigenvalue weighted by Crippen LogP contribution is -2.57. The van der Waals surface area contributed by atoms with E-state index in [1.54, 1.807) is 13.3 Å². The fourth-order valence-corrected chi connectivity index (χ4v) is 1.79. The number of rotatable bonds is 3. The molecule has 0 fully saturated rings. The third-order valence-corrected chi connectivity index (χ3v) is 2.83. The molecule has 1 amide bonds. The summed E-state index contributed by atoms with van der Waals surface area (Å²) in [6, 6.07) is 0. The summed E-state index contributed by atoms with van der Waals surface area (Å²) in [7, 11) is 0. The molecule has 7 nitrogen and oxygen atoms in total. The van der Waals surface area contributed by atoms with Gasteiger partial charge in [0.25, 0.3) is 0 Å². The van der Waals surface area contributed by atoms with Crippen molar-refractivity contribution in [3.05, 3.63) is 12.2 Å². The Morgan fingerprint density at radius 3 is 3.06 bits per heavy atom. The first-order valence-electron chi connectivity index (χ1n) is 5.17. The van der Waals surface area contributed by atoms with Crippen molar-refractivity contribution < 1.29 is 4.79 Å². The van der Waals surface area contributed by atoms with E-state index in [0.29, 0.717) is 13.1 Å². The van der Waals surface area contributed by atoms with Crippen LogP contribution in [0.1, 0.15) is 12.7 Å². The third kappa shape index (κ3) is 2.05. The number of hydrogen-bond acceptors (Lipinski definition) is 5. The highest BCUT2D eigenvalue weighted by Gasteiger charge is 2.30. The Morgan fingerprint density at radius 1 is 1.62 bits per heavy atom. The number of nitrogens with two attached hydrogens (primary N) is 2. The molecule has 1 atom stereocenters. The molecule has 1 unspecified atom stereocenters. The smallest absolute Gasteiger partial charge is 0.238 e. The molecule has 1 aromatic rings. The van der Waals surface area contributed by atoms with Crippen LogP contribution in [0.15, 0.2) is 6.33 Å². The van der Waals surface area contributed by atoms with Gasteiger partial charge in [0.1, 0.15) is 17.7 Å². The highest BCUT2D eigenvalue weighted by atomic mass is 16.1. The second-order valence-electron chi connectivity index (χ2n) is 4.43. The van der Waals surface area contributed by atoms with Crippen LogP contribution in [0.3, 0.4) is 0 Å². The van der Waals surface area contributed by atoms with E-state index < -0.39 is 11.4 Å². The standard InChI is InChI=1S/C9H16N6O/c1-9(11,8(10)16)5-14-2-3-15-6-12-13-7(15)4-14/h6H,2-5,11H2,1H3,(H2,10,16). The first-order valence-corrected chi connectivity index (χ1v) is 5.17. The van der Waals surface area contributed by atoms with Gasteiger partial charge in [-0.1, -0.05) is 0 Å². The fourth-order valence-electron chi connectivity index (χ4n) is 1.79. The minimum absolute atomic E-state index is 0.440. The van der Waals surface area contributed by atoms with Crippen LogP contribution in [0.2, 0.25) is 0 Å². The largest absolute Gasteiger partial charge is 0.368 e. The zero-order valence-corrected chi connectivity index (χ0v) is 9.26. The lowest BCUT2D eigenvalue weighted by atomic mass is 10.0. The highest BCUT2D eigenvalue weighted by molar-refractivity contribution is 5.84. The number of nitrogens with zero attached hydrogens (tertiary/aromatic N) is 4. The Balaban J connectivity index is 2.02. The predicted molar refractivity (Wildman–Crippen MR) is 57.1 cm³/mol. The SMILES string of the molecule is CC(N)(CN1CCn2cnnc2C1)C(N)=O. The highest BCUT2D eigenvalue weighted by Crippen LogP contribution is 2.11. The summed E-state index contributed by atoms with van der Waals surface area (Å²) in [5.41, 5.74) is 10.1. The van der Waals surface area contributed by atoms with Gasteiger partial charge in [-0.3, -0.25) is 9.69 Å². The van der Waals surface area contributed by atoms with Gasteiger partial charge >= 0.3 is 0 Å². The molecule has 2 rings (SSSR count). The quantitative estimate of drug-likeness (QED) is 0.636. The topological polar surface area (TPSA) is 103 Å². The number of hydrogen-bond donors (Lipinski definition) is 2. The maximum absolute atomic E-state index is 11.1. The van der Waals surface area contributed by atoms with Crippen molar-refractivity contribution in [2.75, 3.05) is 13.1 Å². The maximum atomic E-state index is 11.1. The zero-order chi connectivity index (χ0) is 11.8. The normalized spacial score (nSPS) is 20.1. The number of carbonyl (C=O) groups excluding carboxylic acids is 1. The summed E-state index contributed by atoms with van der Waals surface area (Å²) in [6.45, 7) is 4.38. The lowest BCUT2D eigenvalue weighted by Gasteiger charge is -2.32. The van der Waals surface area contributed by atoms with Crippen LogP contribution in [-0.2, 0) is 17.9 Å². The molecule has 0 aliphatic carbocycles. The van der Waals surface area contributed by atoms with Gasteiger partial charge in [0.15, 0.2) is 0 Å². The number of carbonyl (C=O) groups is 1. The Hall–Kier alpha value is -1.47. The van der Waals surface area contributed by atoms with E-state index in [1.165, 1.54) is 0 Å². The number of fused-ring (bicyclic) bond motifs is 1. The van der Waals surface area contributed by atoms with Crippen molar-refractivity contribution in [3.63, 3.8) is 0 Å². The Bertz CT molecular complexity index is 398. The van der Waals surface area contributed by atoms with Gasteiger partial charge in [0, 0.05) is 19.6 Å². The molecule has 88 valence electrons. The van der Waals surface area contributed by atoms with Gasteiger partial charge in [-0.05, 0) is 6.92 Å². The van der Waals surface area contributed by atoms with Gasteiger partial charge in [0.05, 0.1) is 6.54 Å². The maximum Gasteiger partial charge on any atom is 0.238 e. The summed E-state index contributed by atoms with van der Waals surface area (Å²) < 4.78 is 1.99. The van der Waals surface area contributed by atoms with Crippen LogP contribution in [0.4, 0.5) is 0 Å². The van der Waals surface area contributed by atoms with E-state index in [2.05, 4.69) is 15.1 Å². The number of primary amides is 1. The summed E-state index contributed by atoms with van der Waals surface area (Å²) in [4.78, 5) is 13.2. The summed E-state index contributed by atoms with van der Waals surface area (Å²) >= 11 is 0. The molecule has 7 heteroatoms. The Labute approximate surface area is 93.4 Å². The average Bonchev–Trinajstić information content (AvgIpc) is 2.63. The molecule has 16 heavy (non-hydrogen) atoms. The molecule has 4 N–H and O–H groups in total. The number of aromatic nitrogens is 3. The van der Waals surface area contributed by atoms with Crippen molar-refractivity contribution in [2.45, 2.75) is 25.6 Å². The third-order valence-electron chi connectivity index (χ3n) is 2.83. The molecule has 1 aliphatic rings. The fraction of sp³-hybridized carbons (Fsp3) is 0.667. The van der Waals surface area contributed by atoms with E-state index in [4.69, 9.17) is 11.5 Å². The van der Waals surface area contributed by atoms with Crippen molar-refractivity contribution in [2.24, 2.45) is 11.5 Å². The molecule has 0 spiro atoms. The summed E-state index contributed by atoms with van der Waals surface area (Å²) in [5.74, 6) is 0.408. The molecule has 0 saturated heterocycles. The molecule has 0 bridgehead atoms. The van der Waals surface area contributed by atoms with E-state index >= 15 is 0 Å². The van der Waals surface area contributed by atoms with Crippen molar-refractivity contribution in [3.8, 4) is 0 Å². The minimum Gasteiger partial charge on any atom is -0.368 e. The molecule has 1 aliphatic heterocycles. The van der Waals surface area contributed by atoms with Crippen LogP contribution in [0.25, 0.3) is 0 Å². The van der Waals surface area contributed by atoms with Crippen LogP contribution in [0, 0.1) is 0 Å². The van der Waals surface area contributed by atoms with Gasteiger partial charge < -0.3 is 16.0 Å². The lowest BCUT2D eigenvalue weighted by molar-refractivity contribution is -0.123. The Kier molecular flexibility index (Phi) is 2.64. The molecular weight excluding hydrogens is 208 g/mol. The molecule has 2 heterocycles. The van der Waals surface area contributed by atoms with Crippen molar-refractivity contribution in [1.82, 2.24) is 19.7 Å². The number of amides is 1. The van der Waals surface area contributed by atoms with Crippen LogP contribution >= 0.6 is 0 Å². The van der Waals surface area contributed by atoms with Gasteiger partial charge in [0.2, 0.25) is 5.91 Å². The van der Waals surface area contributed by atoms with E-state index in [-0.39, 0.29) is 0 Å². The van der Waals surface area contributed by atoms with Gasteiger partial charge in [-0.25, -0.2) is 0 Å². The van der Waals surface area contributed by atoms with Gasteiger partial charge in [-0.15, -0.1) is 10.2 Å². The molecule has 0 radical (unpaired) electrons. The Morgan fingerprint density at radius 2 is 2.38 bits per heavy atom. The predicted octanol–water partition coefficient (Wildman–Crippen LogP) is -1.70.